The second kappa shape index (κ2) is 5.96. The van der Waals surface area contributed by atoms with Crippen LogP contribution >= 0.6 is 11.6 Å². The van der Waals surface area contributed by atoms with Crippen molar-refractivity contribution >= 4 is 11.6 Å². The molecule has 1 aromatic carbocycles. The molecule has 0 bridgehead atoms. The molecule has 0 fully saturated rings. The van der Waals surface area contributed by atoms with Crippen LogP contribution in [0.5, 0.6) is 0 Å². The predicted molar refractivity (Wildman–Crippen MR) is 74.2 cm³/mol. The summed E-state index contributed by atoms with van der Waals surface area (Å²) in [5, 5.41) is 0.741. The number of rotatable bonds is 4. The van der Waals surface area contributed by atoms with E-state index < -0.39 is 0 Å². The Kier molecular flexibility index (Phi) is 4.31. The summed E-state index contributed by atoms with van der Waals surface area (Å²) in [7, 11) is 0. The summed E-state index contributed by atoms with van der Waals surface area (Å²) >= 11 is 5.96. The van der Waals surface area contributed by atoms with E-state index in [1.54, 1.807) is 6.20 Å². The predicted octanol–water partition coefficient (Wildman–Crippen LogP) is 2.79. The molecule has 3 N–H and O–H groups in total. The lowest BCUT2D eigenvalue weighted by atomic mass is 9.98. The van der Waals surface area contributed by atoms with Crippen molar-refractivity contribution in [1.82, 2.24) is 10.4 Å². The number of aromatic nitrogens is 1. The van der Waals surface area contributed by atoms with Gasteiger partial charge in [0.05, 0.1) is 6.04 Å². The van der Waals surface area contributed by atoms with E-state index in [1.807, 2.05) is 43.3 Å². The SMILES string of the molecule is Cc1cc(Cl)ccc1C(Cc1ccccn1)NN. The number of hydrazine groups is 1. The van der Waals surface area contributed by atoms with Crippen LogP contribution in [0, 0.1) is 6.92 Å². The molecule has 4 heteroatoms. The number of nitrogens with zero attached hydrogens (tertiary/aromatic N) is 1. The molecule has 0 amide bonds. The Morgan fingerprint density at radius 2 is 2.17 bits per heavy atom. The van der Waals surface area contributed by atoms with E-state index in [1.165, 1.54) is 0 Å². The van der Waals surface area contributed by atoms with Gasteiger partial charge in [0.2, 0.25) is 0 Å². The zero-order valence-electron chi connectivity index (χ0n) is 10.2. The summed E-state index contributed by atoms with van der Waals surface area (Å²) < 4.78 is 0. The second-order valence-electron chi connectivity index (χ2n) is 4.25. The normalized spacial score (nSPS) is 12.4. The van der Waals surface area contributed by atoms with E-state index in [0.29, 0.717) is 0 Å². The summed E-state index contributed by atoms with van der Waals surface area (Å²) in [4.78, 5) is 4.32. The zero-order valence-corrected chi connectivity index (χ0v) is 11.0. The quantitative estimate of drug-likeness (QED) is 0.657. The van der Waals surface area contributed by atoms with E-state index in [-0.39, 0.29) is 6.04 Å². The number of aryl methyl sites for hydroxylation is 1. The number of benzene rings is 1. The van der Waals surface area contributed by atoms with Crippen LogP contribution in [0.4, 0.5) is 0 Å². The van der Waals surface area contributed by atoms with E-state index in [9.17, 15) is 0 Å². The molecule has 1 atom stereocenters. The lowest BCUT2D eigenvalue weighted by Crippen LogP contribution is -2.30. The minimum absolute atomic E-state index is 0.0390. The van der Waals surface area contributed by atoms with Crippen molar-refractivity contribution in [2.75, 3.05) is 0 Å². The van der Waals surface area contributed by atoms with Crippen molar-refractivity contribution in [2.45, 2.75) is 19.4 Å². The first-order valence-corrected chi connectivity index (χ1v) is 6.20. The topological polar surface area (TPSA) is 50.9 Å². The fraction of sp³-hybridized carbons (Fsp3) is 0.214. The van der Waals surface area contributed by atoms with Crippen LogP contribution in [0.3, 0.4) is 0 Å². The molecule has 3 nitrogen and oxygen atoms in total. The van der Waals surface area contributed by atoms with Gasteiger partial charge < -0.3 is 0 Å². The summed E-state index contributed by atoms with van der Waals surface area (Å²) in [6.07, 6.45) is 2.54. The van der Waals surface area contributed by atoms with Gasteiger partial charge in [0, 0.05) is 23.3 Å². The van der Waals surface area contributed by atoms with Gasteiger partial charge in [-0.25, -0.2) is 0 Å². The Hall–Kier alpha value is -1.42. The lowest BCUT2D eigenvalue weighted by molar-refractivity contribution is 0.543. The number of pyridine rings is 1. The minimum Gasteiger partial charge on any atom is -0.271 e. The molecule has 2 rings (SSSR count). The molecule has 0 saturated carbocycles. The van der Waals surface area contributed by atoms with Gasteiger partial charge in [-0.2, -0.15) is 0 Å². The number of halogens is 1. The van der Waals surface area contributed by atoms with Crippen LogP contribution in [-0.2, 0) is 6.42 Å². The molecule has 0 aliphatic heterocycles. The summed E-state index contributed by atoms with van der Waals surface area (Å²) in [6.45, 7) is 2.03. The Morgan fingerprint density at radius 3 is 2.78 bits per heavy atom. The molecular formula is C14H16ClN3. The highest BCUT2D eigenvalue weighted by molar-refractivity contribution is 6.30. The third kappa shape index (κ3) is 3.07. The monoisotopic (exact) mass is 261 g/mol. The van der Waals surface area contributed by atoms with Crippen LogP contribution in [-0.4, -0.2) is 4.98 Å². The first kappa shape index (κ1) is 13.0. The van der Waals surface area contributed by atoms with Crippen LogP contribution < -0.4 is 11.3 Å². The molecule has 0 aliphatic rings. The van der Waals surface area contributed by atoms with Gasteiger partial charge >= 0.3 is 0 Å². The number of hydrogen-bond donors (Lipinski definition) is 2. The summed E-state index contributed by atoms with van der Waals surface area (Å²) in [5.74, 6) is 5.65. The van der Waals surface area contributed by atoms with Crippen molar-refractivity contribution in [1.29, 1.82) is 0 Å². The van der Waals surface area contributed by atoms with E-state index >= 15 is 0 Å². The Balaban J connectivity index is 2.23. The van der Waals surface area contributed by atoms with Crippen LogP contribution in [0.15, 0.2) is 42.6 Å². The van der Waals surface area contributed by atoms with Crippen LogP contribution in [0.1, 0.15) is 22.9 Å². The zero-order chi connectivity index (χ0) is 13.0. The molecule has 0 spiro atoms. The van der Waals surface area contributed by atoms with Crippen molar-refractivity contribution < 1.29 is 0 Å². The van der Waals surface area contributed by atoms with Gasteiger partial charge in [-0.3, -0.25) is 16.3 Å². The highest BCUT2D eigenvalue weighted by atomic mass is 35.5. The maximum atomic E-state index is 5.96. The third-order valence-corrected chi connectivity index (χ3v) is 3.18. The third-order valence-electron chi connectivity index (χ3n) is 2.95. The van der Waals surface area contributed by atoms with E-state index in [4.69, 9.17) is 17.4 Å². The first-order chi connectivity index (χ1) is 8.70. The van der Waals surface area contributed by atoms with Crippen LogP contribution in [0.2, 0.25) is 5.02 Å². The number of nitrogens with one attached hydrogen (secondary N) is 1. The lowest BCUT2D eigenvalue weighted by Gasteiger charge is -2.18. The van der Waals surface area contributed by atoms with Crippen molar-refractivity contribution in [3.05, 3.63) is 64.4 Å². The fourth-order valence-corrected chi connectivity index (χ4v) is 2.24. The van der Waals surface area contributed by atoms with Gasteiger partial charge in [-0.1, -0.05) is 23.7 Å². The Bertz CT molecular complexity index is 514. The molecule has 94 valence electrons. The summed E-state index contributed by atoms with van der Waals surface area (Å²) in [6, 6.07) is 11.7. The molecule has 1 heterocycles. The van der Waals surface area contributed by atoms with Gasteiger partial charge in [-0.15, -0.1) is 0 Å². The maximum Gasteiger partial charge on any atom is 0.0517 e. The maximum absolute atomic E-state index is 5.96. The number of nitrogens with two attached hydrogens (primary N) is 1. The van der Waals surface area contributed by atoms with Gasteiger partial charge in [0.1, 0.15) is 0 Å². The van der Waals surface area contributed by atoms with Gasteiger partial charge in [0.15, 0.2) is 0 Å². The van der Waals surface area contributed by atoms with E-state index in [2.05, 4.69) is 10.4 Å². The van der Waals surface area contributed by atoms with Gasteiger partial charge in [-0.05, 0) is 42.3 Å². The second-order valence-corrected chi connectivity index (χ2v) is 4.68. The standard InChI is InChI=1S/C14H16ClN3/c1-10-8-11(15)5-6-13(10)14(18-16)9-12-4-2-3-7-17-12/h2-8,14,18H,9,16H2,1H3. The van der Waals surface area contributed by atoms with Gasteiger partial charge in [0.25, 0.3) is 0 Å². The Morgan fingerprint density at radius 1 is 1.33 bits per heavy atom. The molecular weight excluding hydrogens is 246 g/mol. The molecule has 0 saturated heterocycles. The highest BCUT2D eigenvalue weighted by Gasteiger charge is 2.13. The highest BCUT2D eigenvalue weighted by Crippen LogP contribution is 2.23. The number of hydrogen-bond acceptors (Lipinski definition) is 3. The molecule has 0 radical (unpaired) electrons. The average Bonchev–Trinajstić information content (AvgIpc) is 2.38. The van der Waals surface area contributed by atoms with Crippen molar-refractivity contribution in [3.8, 4) is 0 Å². The largest absolute Gasteiger partial charge is 0.271 e. The smallest absolute Gasteiger partial charge is 0.0517 e. The van der Waals surface area contributed by atoms with E-state index in [0.717, 1.165) is 28.3 Å². The molecule has 18 heavy (non-hydrogen) atoms. The van der Waals surface area contributed by atoms with Crippen LogP contribution in [0.25, 0.3) is 0 Å². The Labute approximate surface area is 112 Å². The summed E-state index contributed by atoms with van der Waals surface area (Å²) in [5.41, 5.74) is 6.13. The molecule has 1 unspecified atom stereocenters. The van der Waals surface area contributed by atoms with Crippen molar-refractivity contribution in [2.24, 2.45) is 5.84 Å². The molecule has 1 aromatic heterocycles. The minimum atomic E-state index is 0.0390. The fourth-order valence-electron chi connectivity index (χ4n) is 2.02. The molecule has 0 aliphatic carbocycles. The average molecular weight is 262 g/mol. The van der Waals surface area contributed by atoms with Crippen molar-refractivity contribution in [3.63, 3.8) is 0 Å². The first-order valence-electron chi connectivity index (χ1n) is 5.83. The molecule has 2 aromatic rings.